The van der Waals surface area contributed by atoms with Crippen LogP contribution in [-0.4, -0.2) is 12.1 Å². The maximum Gasteiger partial charge on any atom is 0.206 e. The minimum absolute atomic E-state index is 0.0519. The quantitative estimate of drug-likeness (QED) is 0.621. The zero-order valence-corrected chi connectivity index (χ0v) is 9.06. The molecule has 2 nitrogen and oxygen atoms in total. The van der Waals surface area contributed by atoms with Gasteiger partial charge in [-0.3, -0.25) is 0 Å². The van der Waals surface area contributed by atoms with Crippen LogP contribution in [0.1, 0.15) is 0 Å². The fourth-order valence-electron chi connectivity index (χ4n) is 1.20. The number of rotatable bonds is 1. The third-order valence-electron chi connectivity index (χ3n) is 1.82. The van der Waals surface area contributed by atoms with Crippen molar-refractivity contribution in [1.29, 1.82) is 0 Å². The van der Waals surface area contributed by atoms with Gasteiger partial charge in [-0.15, -0.1) is 24.0 Å². The maximum atomic E-state index is 13.3. The fraction of sp³-hybridized carbons (Fsp3) is 0.125. The first-order chi connectivity index (χ1) is 7.06. The van der Waals surface area contributed by atoms with Crippen molar-refractivity contribution in [3.8, 4) is 5.75 Å². The largest absolute Gasteiger partial charge is 0.491 e. The van der Waals surface area contributed by atoms with Gasteiger partial charge in [-0.2, -0.15) is 4.39 Å². The Bertz CT molecular complexity index is 540. The van der Waals surface area contributed by atoms with Gasteiger partial charge in [0.2, 0.25) is 5.82 Å². The Morgan fingerprint density at radius 1 is 1.20 bits per heavy atom. The molecule has 80 valence electrons. The van der Waals surface area contributed by atoms with Gasteiger partial charge in [0.15, 0.2) is 17.4 Å². The second kappa shape index (κ2) is 3.57. The lowest BCUT2D eigenvalue weighted by atomic mass is 10.3. The molecular weight excluding hydrogens is 247 g/mol. The number of fused-ring (bicyclic) bond motifs is 1. The highest BCUT2D eigenvalue weighted by molar-refractivity contribution is 7.82. The van der Waals surface area contributed by atoms with Gasteiger partial charge in [0.1, 0.15) is 9.86 Å². The highest BCUT2D eigenvalue weighted by Gasteiger charge is 2.23. The molecule has 1 aromatic carbocycles. The SMILES string of the molecule is COc1c(F)c(F)c(F)c2sc(S)nc12. The van der Waals surface area contributed by atoms with Crippen molar-refractivity contribution < 1.29 is 17.9 Å². The molecule has 0 atom stereocenters. The average molecular weight is 251 g/mol. The van der Waals surface area contributed by atoms with Crippen molar-refractivity contribution in [2.45, 2.75) is 4.34 Å². The number of halogens is 3. The first-order valence-corrected chi connectivity index (χ1v) is 5.02. The Hall–Kier alpha value is -0.950. The van der Waals surface area contributed by atoms with Crippen molar-refractivity contribution in [2.75, 3.05) is 7.11 Å². The van der Waals surface area contributed by atoms with E-state index >= 15 is 0 Å². The summed E-state index contributed by atoms with van der Waals surface area (Å²) in [7, 11) is 1.16. The Morgan fingerprint density at radius 3 is 2.47 bits per heavy atom. The summed E-state index contributed by atoms with van der Waals surface area (Å²) in [4.78, 5) is 3.76. The van der Waals surface area contributed by atoms with E-state index in [1.165, 1.54) is 0 Å². The summed E-state index contributed by atoms with van der Waals surface area (Å²) in [6, 6.07) is 0. The fourth-order valence-corrected chi connectivity index (χ4v) is 2.31. The summed E-state index contributed by atoms with van der Waals surface area (Å²) < 4.78 is 44.2. The molecule has 15 heavy (non-hydrogen) atoms. The van der Waals surface area contributed by atoms with Crippen LogP contribution in [0, 0.1) is 17.5 Å². The third-order valence-corrected chi connectivity index (χ3v) is 3.04. The van der Waals surface area contributed by atoms with Crippen LogP contribution in [0.15, 0.2) is 4.34 Å². The van der Waals surface area contributed by atoms with Crippen LogP contribution < -0.4 is 4.74 Å². The van der Waals surface area contributed by atoms with Crippen molar-refractivity contribution in [3.05, 3.63) is 17.5 Å². The van der Waals surface area contributed by atoms with Crippen LogP contribution in [0.2, 0.25) is 0 Å². The van der Waals surface area contributed by atoms with Gasteiger partial charge in [0.25, 0.3) is 0 Å². The van der Waals surface area contributed by atoms with Crippen molar-refractivity contribution >= 4 is 34.2 Å². The minimum Gasteiger partial charge on any atom is -0.491 e. The zero-order valence-electron chi connectivity index (χ0n) is 7.34. The summed E-state index contributed by atoms with van der Waals surface area (Å²) in [5, 5.41) is 0. The van der Waals surface area contributed by atoms with Gasteiger partial charge in [0, 0.05) is 0 Å². The zero-order chi connectivity index (χ0) is 11.2. The monoisotopic (exact) mass is 251 g/mol. The Morgan fingerprint density at radius 2 is 1.87 bits per heavy atom. The van der Waals surface area contributed by atoms with E-state index < -0.39 is 23.2 Å². The van der Waals surface area contributed by atoms with E-state index in [-0.39, 0.29) is 14.6 Å². The van der Waals surface area contributed by atoms with Crippen molar-refractivity contribution in [2.24, 2.45) is 0 Å². The highest BCUT2D eigenvalue weighted by Crippen LogP contribution is 2.37. The van der Waals surface area contributed by atoms with Crippen molar-refractivity contribution in [3.63, 3.8) is 0 Å². The topological polar surface area (TPSA) is 22.1 Å². The van der Waals surface area contributed by atoms with E-state index in [4.69, 9.17) is 0 Å². The van der Waals surface area contributed by atoms with E-state index in [0.717, 1.165) is 18.4 Å². The predicted molar refractivity (Wildman–Crippen MR) is 53.3 cm³/mol. The van der Waals surface area contributed by atoms with E-state index in [1.807, 2.05) is 0 Å². The lowest BCUT2D eigenvalue weighted by Gasteiger charge is -2.04. The summed E-state index contributed by atoms with van der Waals surface area (Å²) in [6.07, 6.45) is 0. The third kappa shape index (κ3) is 1.46. The van der Waals surface area contributed by atoms with E-state index in [2.05, 4.69) is 22.3 Å². The molecule has 1 aromatic heterocycles. The molecule has 0 bridgehead atoms. The molecular formula is C8H4F3NOS2. The number of hydrogen-bond donors (Lipinski definition) is 1. The molecule has 2 aromatic rings. The summed E-state index contributed by atoms with van der Waals surface area (Å²) in [6.45, 7) is 0. The molecule has 2 rings (SSSR count). The predicted octanol–water partition coefficient (Wildman–Crippen LogP) is 3.01. The van der Waals surface area contributed by atoms with Crippen LogP contribution in [0.4, 0.5) is 13.2 Å². The summed E-state index contributed by atoms with van der Waals surface area (Å²) in [5.41, 5.74) is -0.0519. The number of hydrogen-bond acceptors (Lipinski definition) is 4. The molecule has 0 aliphatic heterocycles. The van der Waals surface area contributed by atoms with E-state index in [9.17, 15) is 13.2 Å². The molecule has 0 fully saturated rings. The molecule has 1 heterocycles. The molecule has 0 aliphatic carbocycles. The lowest BCUT2D eigenvalue weighted by Crippen LogP contribution is -1.97. The van der Waals surface area contributed by atoms with Gasteiger partial charge >= 0.3 is 0 Å². The molecule has 0 amide bonds. The Labute approximate surface area is 92.1 Å². The molecule has 7 heteroatoms. The first-order valence-electron chi connectivity index (χ1n) is 3.76. The highest BCUT2D eigenvalue weighted by atomic mass is 32.2. The number of thiazole rings is 1. The molecule has 0 radical (unpaired) electrons. The normalized spacial score (nSPS) is 11.0. The molecule has 0 unspecified atom stereocenters. The van der Waals surface area contributed by atoms with Crippen LogP contribution in [0.5, 0.6) is 5.75 Å². The number of methoxy groups -OCH3 is 1. The Kier molecular flexibility index (Phi) is 2.51. The number of aromatic nitrogens is 1. The molecule has 0 saturated carbocycles. The minimum atomic E-state index is -1.56. The summed E-state index contributed by atoms with van der Waals surface area (Å²) in [5.74, 6) is -4.60. The number of thiol groups is 1. The lowest BCUT2D eigenvalue weighted by molar-refractivity contribution is 0.367. The smallest absolute Gasteiger partial charge is 0.206 e. The maximum absolute atomic E-state index is 13.3. The van der Waals surface area contributed by atoms with Crippen LogP contribution >= 0.6 is 24.0 Å². The molecule has 0 saturated heterocycles. The van der Waals surface area contributed by atoms with Crippen LogP contribution in [0.25, 0.3) is 10.2 Å². The Balaban J connectivity index is 2.96. The second-order valence-electron chi connectivity index (χ2n) is 2.65. The number of nitrogens with zero attached hydrogens (tertiary/aromatic N) is 1. The van der Waals surface area contributed by atoms with E-state index in [0.29, 0.717) is 0 Å². The van der Waals surface area contributed by atoms with Gasteiger partial charge in [0.05, 0.1) is 11.8 Å². The molecule has 0 N–H and O–H groups in total. The first kappa shape index (κ1) is 10.6. The van der Waals surface area contributed by atoms with Gasteiger partial charge in [-0.05, 0) is 0 Å². The molecule has 0 aliphatic rings. The van der Waals surface area contributed by atoms with Crippen LogP contribution in [0.3, 0.4) is 0 Å². The van der Waals surface area contributed by atoms with Gasteiger partial charge in [-0.1, -0.05) is 0 Å². The molecule has 0 spiro atoms. The van der Waals surface area contributed by atoms with E-state index in [1.54, 1.807) is 0 Å². The number of ether oxygens (including phenoxy) is 1. The van der Waals surface area contributed by atoms with Gasteiger partial charge in [-0.25, -0.2) is 13.8 Å². The van der Waals surface area contributed by atoms with Crippen LogP contribution in [-0.2, 0) is 0 Å². The standard InChI is InChI=1S/C8H4F3NOS2/c1-13-6-3(10)2(9)4(11)7-5(6)12-8(14)15-7/h1H3,(H,12,14). The second-order valence-corrected chi connectivity index (χ2v) is 4.37. The number of benzene rings is 1. The summed E-state index contributed by atoms with van der Waals surface area (Å²) >= 11 is 4.71. The van der Waals surface area contributed by atoms with Crippen molar-refractivity contribution in [1.82, 2.24) is 4.98 Å². The van der Waals surface area contributed by atoms with Gasteiger partial charge < -0.3 is 4.74 Å². The average Bonchev–Trinajstić information content (AvgIpc) is 2.58.